The minimum Gasteiger partial charge on any atom is -0.497 e. The number of sulfonamides is 1. The van der Waals surface area contributed by atoms with Crippen LogP contribution >= 0.6 is 11.6 Å². The molecule has 0 aliphatic carbocycles. The molecular weight excluding hydrogens is 450 g/mol. The van der Waals surface area contributed by atoms with Crippen molar-refractivity contribution in [2.45, 2.75) is 24.8 Å². The number of ether oxygens (including phenoxy) is 1. The lowest BCUT2D eigenvalue weighted by molar-refractivity contribution is -0.123. The molecule has 2 aromatic carbocycles. The second-order valence-electron chi connectivity index (χ2n) is 8.20. The van der Waals surface area contributed by atoms with Crippen LogP contribution < -0.4 is 10.1 Å². The highest BCUT2D eigenvalue weighted by Gasteiger charge is 2.29. The Labute approximate surface area is 195 Å². The van der Waals surface area contributed by atoms with Gasteiger partial charge in [-0.1, -0.05) is 37.6 Å². The summed E-state index contributed by atoms with van der Waals surface area (Å²) in [5, 5.41) is 3.62. The maximum Gasteiger partial charge on any atom is 0.243 e. The van der Waals surface area contributed by atoms with Crippen molar-refractivity contribution < 1.29 is 17.9 Å². The Balaban J connectivity index is 1.55. The summed E-state index contributed by atoms with van der Waals surface area (Å²) in [7, 11) is -1.94. The van der Waals surface area contributed by atoms with Crippen molar-refractivity contribution in [2.24, 2.45) is 5.92 Å². The van der Waals surface area contributed by atoms with Gasteiger partial charge in [-0.05, 0) is 47.9 Å². The second-order valence-corrected chi connectivity index (χ2v) is 10.6. The minimum absolute atomic E-state index is 0.0754. The number of piperazine rings is 1. The number of amides is 1. The van der Waals surface area contributed by atoms with Gasteiger partial charge in [0, 0.05) is 31.2 Å². The van der Waals surface area contributed by atoms with Crippen LogP contribution in [0.25, 0.3) is 0 Å². The van der Waals surface area contributed by atoms with Crippen LogP contribution in [0.2, 0.25) is 5.02 Å². The van der Waals surface area contributed by atoms with Gasteiger partial charge in [-0.15, -0.1) is 0 Å². The Morgan fingerprint density at radius 3 is 2.16 bits per heavy atom. The summed E-state index contributed by atoms with van der Waals surface area (Å²) in [5.74, 6) is 0.913. The molecular formula is C23H30ClN3O4S. The molecule has 32 heavy (non-hydrogen) atoms. The maximum atomic E-state index is 12.8. The largest absolute Gasteiger partial charge is 0.497 e. The van der Waals surface area contributed by atoms with Gasteiger partial charge < -0.3 is 10.1 Å². The molecule has 2 aromatic rings. The molecule has 174 valence electrons. The molecule has 1 aliphatic heterocycles. The van der Waals surface area contributed by atoms with E-state index < -0.39 is 10.0 Å². The van der Waals surface area contributed by atoms with Crippen LogP contribution in [0, 0.1) is 5.92 Å². The van der Waals surface area contributed by atoms with Crippen molar-refractivity contribution in [3.63, 3.8) is 0 Å². The monoisotopic (exact) mass is 479 g/mol. The summed E-state index contributed by atoms with van der Waals surface area (Å²) in [6.07, 6.45) is 0. The van der Waals surface area contributed by atoms with Crippen LogP contribution in [0.15, 0.2) is 53.4 Å². The van der Waals surface area contributed by atoms with E-state index in [1.807, 2.05) is 29.2 Å². The number of hydrogen-bond acceptors (Lipinski definition) is 5. The average Bonchev–Trinajstić information content (AvgIpc) is 2.78. The predicted molar refractivity (Wildman–Crippen MR) is 125 cm³/mol. The molecule has 0 aromatic heterocycles. The zero-order valence-electron chi connectivity index (χ0n) is 18.6. The molecule has 0 saturated carbocycles. The molecule has 1 fully saturated rings. The van der Waals surface area contributed by atoms with Crippen molar-refractivity contribution in [2.75, 3.05) is 39.8 Å². The van der Waals surface area contributed by atoms with Gasteiger partial charge in [-0.25, -0.2) is 8.42 Å². The van der Waals surface area contributed by atoms with Crippen LogP contribution in [0.4, 0.5) is 0 Å². The van der Waals surface area contributed by atoms with Gasteiger partial charge in [0.25, 0.3) is 0 Å². The van der Waals surface area contributed by atoms with Crippen LogP contribution in [-0.2, 0) is 14.8 Å². The van der Waals surface area contributed by atoms with E-state index in [1.54, 1.807) is 19.2 Å². The van der Waals surface area contributed by atoms with Gasteiger partial charge in [0.2, 0.25) is 15.9 Å². The van der Waals surface area contributed by atoms with Gasteiger partial charge in [0.15, 0.2) is 0 Å². The standard InChI is InChI=1S/C23H30ClN3O4S/c1-17(2)23(18-4-8-20(31-3)9-5-18)25-22(28)16-26-12-14-27(15-13-26)32(29,30)21-10-6-19(24)7-11-21/h4-11,17,23H,12-16H2,1-3H3,(H,25,28). The van der Waals surface area contributed by atoms with Crippen molar-refractivity contribution in [3.8, 4) is 5.75 Å². The molecule has 0 bridgehead atoms. The number of nitrogens with one attached hydrogen (secondary N) is 1. The third-order valence-electron chi connectivity index (χ3n) is 5.61. The normalized spacial score (nSPS) is 16.7. The summed E-state index contributed by atoms with van der Waals surface area (Å²) >= 11 is 5.86. The maximum absolute atomic E-state index is 12.8. The summed E-state index contributed by atoms with van der Waals surface area (Å²) in [6, 6.07) is 13.8. The first-order valence-corrected chi connectivity index (χ1v) is 12.4. The van der Waals surface area contributed by atoms with Crippen molar-refractivity contribution in [3.05, 3.63) is 59.1 Å². The van der Waals surface area contributed by atoms with E-state index in [0.29, 0.717) is 31.2 Å². The van der Waals surface area contributed by atoms with E-state index in [1.165, 1.54) is 16.4 Å². The fourth-order valence-corrected chi connectivity index (χ4v) is 5.30. The minimum atomic E-state index is -3.57. The fourth-order valence-electron chi connectivity index (χ4n) is 3.75. The first-order valence-electron chi connectivity index (χ1n) is 10.6. The molecule has 1 aliphatic rings. The van der Waals surface area contributed by atoms with E-state index in [-0.39, 0.29) is 29.3 Å². The van der Waals surface area contributed by atoms with Crippen molar-refractivity contribution >= 4 is 27.5 Å². The van der Waals surface area contributed by atoms with E-state index in [4.69, 9.17) is 16.3 Å². The Bertz CT molecular complexity index is 1000. The molecule has 1 saturated heterocycles. The highest BCUT2D eigenvalue weighted by atomic mass is 35.5. The number of nitrogens with zero attached hydrogens (tertiary/aromatic N) is 2. The Morgan fingerprint density at radius 1 is 1.03 bits per heavy atom. The number of carbonyl (C=O) groups excluding carboxylic acids is 1. The lowest BCUT2D eigenvalue weighted by atomic mass is 9.96. The molecule has 7 nitrogen and oxygen atoms in total. The quantitative estimate of drug-likeness (QED) is 0.629. The van der Waals surface area contributed by atoms with Crippen molar-refractivity contribution in [1.29, 1.82) is 0 Å². The molecule has 0 radical (unpaired) electrons. The number of halogens is 1. The van der Waals surface area contributed by atoms with Gasteiger partial charge in [-0.2, -0.15) is 4.31 Å². The highest BCUT2D eigenvalue weighted by molar-refractivity contribution is 7.89. The predicted octanol–water partition coefficient (Wildman–Crippen LogP) is 3.17. The average molecular weight is 480 g/mol. The Hall–Kier alpha value is -2.13. The molecule has 3 rings (SSSR count). The Morgan fingerprint density at radius 2 is 1.62 bits per heavy atom. The molecule has 0 spiro atoms. The summed E-state index contributed by atoms with van der Waals surface area (Å²) in [6.45, 7) is 6.03. The van der Waals surface area contributed by atoms with E-state index in [0.717, 1.165) is 11.3 Å². The molecule has 1 heterocycles. The van der Waals surface area contributed by atoms with E-state index in [2.05, 4.69) is 19.2 Å². The van der Waals surface area contributed by atoms with E-state index >= 15 is 0 Å². The SMILES string of the molecule is COc1ccc(C(NC(=O)CN2CCN(S(=O)(=O)c3ccc(Cl)cc3)CC2)C(C)C)cc1. The summed E-state index contributed by atoms with van der Waals surface area (Å²) < 4.78 is 32.3. The van der Waals surface area contributed by atoms with Gasteiger partial charge in [-0.3, -0.25) is 9.69 Å². The van der Waals surface area contributed by atoms with Gasteiger partial charge in [0.05, 0.1) is 24.6 Å². The van der Waals surface area contributed by atoms with Crippen LogP contribution in [0.1, 0.15) is 25.5 Å². The first-order chi connectivity index (χ1) is 15.2. The highest BCUT2D eigenvalue weighted by Crippen LogP contribution is 2.24. The molecule has 9 heteroatoms. The fraction of sp³-hybridized carbons (Fsp3) is 0.435. The summed E-state index contributed by atoms with van der Waals surface area (Å²) in [4.78, 5) is 14.9. The lowest BCUT2D eigenvalue weighted by Crippen LogP contribution is -2.51. The van der Waals surface area contributed by atoms with E-state index in [9.17, 15) is 13.2 Å². The molecule has 1 amide bonds. The zero-order valence-corrected chi connectivity index (χ0v) is 20.2. The molecule has 1 atom stereocenters. The van der Waals surface area contributed by atoms with Crippen LogP contribution in [0.5, 0.6) is 5.75 Å². The third kappa shape index (κ3) is 6.01. The number of carbonyl (C=O) groups is 1. The zero-order chi connectivity index (χ0) is 23.3. The molecule has 1 unspecified atom stereocenters. The number of benzene rings is 2. The molecule has 1 N–H and O–H groups in total. The van der Waals surface area contributed by atoms with Crippen LogP contribution in [0.3, 0.4) is 0 Å². The second kappa shape index (κ2) is 10.7. The van der Waals surface area contributed by atoms with Gasteiger partial charge in [0.1, 0.15) is 5.75 Å². The van der Waals surface area contributed by atoms with Gasteiger partial charge >= 0.3 is 0 Å². The first kappa shape index (κ1) is 24.5. The lowest BCUT2D eigenvalue weighted by Gasteiger charge is -2.34. The van der Waals surface area contributed by atoms with Crippen molar-refractivity contribution in [1.82, 2.24) is 14.5 Å². The number of rotatable bonds is 8. The third-order valence-corrected chi connectivity index (χ3v) is 7.77. The topological polar surface area (TPSA) is 79.0 Å². The number of hydrogen-bond donors (Lipinski definition) is 1. The Kier molecular flexibility index (Phi) is 8.16. The number of methoxy groups -OCH3 is 1. The van der Waals surface area contributed by atoms with Crippen LogP contribution in [-0.4, -0.2) is 63.4 Å². The summed E-state index contributed by atoms with van der Waals surface area (Å²) in [5.41, 5.74) is 1.02. The smallest absolute Gasteiger partial charge is 0.243 e.